The molecule has 0 amide bonds. The predicted octanol–water partition coefficient (Wildman–Crippen LogP) is 3.41. The molecule has 0 bridgehead atoms. The average Bonchev–Trinajstić information content (AvgIpc) is 2.49. The van der Waals surface area contributed by atoms with Crippen LogP contribution in [0.4, 0.5) is 0 Å². The van der Waals surface area contributed by atoms with Gasteiger partial charge in [0.1, 0.15) is 0 Å². The number of rotatable bonds is 0. The van der Waals surface area contributed by atoms with Crippen molar-refractivity contribution in [3.05, 3.63) is 70.8 Å². The SMILES string of the molecule is O=C1C[C@H]2C(=O)c3ccccc3C[C@H]2c2ccccc21. The van der Waals surface area contributed by atoms with Crippen molar-refractivity contribution < 1.29 is 9.59 Å². The molecule has 20 heavy (non-hydrogen) atoms. The van der Waals surface area contributed by atoms with Crippen LogP contribution in [0.3, 0.4) is 0 Å². The van der Waals surface area contributed by atoms with Gasteiger partial charge in [-0.25, -0.2) is 0 Å². The molecule has 0 saturated carbocycles. The molecule has 0 fully saturated rings. The van der Waals surface area contributed by atoms with Crippen LogP contribution in [0.15, 0.2) is 48.5 Å². The van der Waals surface area contributed by atoms with Gasteiger partial charge in [-0.3, -0.25) is 9.59 Å². The second kappa shape index (κ2) is 4.14. The third-order valence-corrected chi connectivity index (χ3v) is 4.61. The molecule has 2 atom stereocenters. The zero-order chi connectivity index (χ0) is 13.7. The third-order valence-electron chi connectivity index (χ3n) is 4.61. The first-order valence-electron chi connectivity index (χ1n) is 7.00. The maximum Gasteiger partial charge on any atom is 0.167 e. The van der Waals surface area contributed by atoms with Gasteiger partial charge in [0.15, 0.2) is 11.6 Å². The number of ketones is 2. The zero-order valence-electron chi connectivity index (χ0n) is 11.0. The number of Topliss-reactive ketones (excluding diaryl/α,β-unsaturated/α-hetero) is 2. The van der Waals surface area contributed by atoms with Gasteiger partial charge in [-0.1, -0.05) is 48.5 Å². The number of benzene rings is 2. The normalized spacial score (nSPS) is 23.8. The van der Waals surface area contributed by atoms with Crippen molar-refractivity contribution in [1.29, 1.82) is 0 Å². The highest BCUT2D eigenvalue weighted by atomic mass is 16.1. The Morgan fingerprint density at radius 3 is 2.30 bits per heavy atom. The first kappa shape index (κ1) is 11.6. The highest BCUT2D eigenvalue weighted by Gasteiger charge is 2.41. The molecule has 2 aromatic carbocycles. The van der Waals surface area contributed by atoms with Crippen molar-refractivity contribution in [3.8, 4) is 0 Å². The first-order valence-corrected chi connectivity index (χ1v) is 7.00. The number of hydrogen-bond acceptors (Lipinski definition) is 2. The van der Waals surface area contributed by atoms with E-state index >= 15 is 0 Å². The molecule has 0 saturated heterocycles. The Morgan fingerprint density at radius 2 is 1.45 bits per heavy atom. The molecular weight excluding hydrogens is 248 g/mol. The standard InChI is InChI=1S/C18H14O2/c19-17-10-16-15(13-7-3-4-8-14(13)17)9-11-5-1-2-6-12(11)18(16)20/h1-8,15-16H,9-10H2/t15-,16+/m0/s1. The molecule has 2 nitrogen and oxygen atoms in total. The Kier molecular flexibility index (Phi) is 2.40. The quantitative estimate of drug-likeness (QED) is 0.729. The van der Waals surface area contributed by atoms with E-state index in [-0.39, 0.29) is 23.4 Å². The Morgan fingerprint density at radius 1 is 0.750 bits per heavy atom. The Labute approximate surface area is 117 Å². The lowest BCUT2D eigenvalue weighted by molar-refractivity contribution is 0.0800. The minimum absolute atomic E-state index is 0.106. The highest BCUT2D eigenvalue weighted by molar-refractivity contribution is 6.08. The highest BCUT2D eigenvalue weighted by Crippen LogP contribution is 2.43. The van der Waals surface area contributed by atoms with Crippen LogP contribution in [-0.4, -0.2) is 11.6 Å². The number of carbonyl (C=O) groups excluding carboxylic acids is 2. The van der Waals surface area contributed by atoms with Crippen molar-refractivity contribution in [3.63, 3.8) is 0 Å². The summed E-state index contributed by atoms with van der Waals surface area (Å²) in [5, 5.41) is 0. The predicted molar refractivity (Wildman–Crippen MR) is 76.1 cm³/mol. The molecule has 98 valence electrons. The van der Waals surface area contributed by atoms with Gasteiger partial charge in [-0.15, -0.1) is 0 Å². The van der Waals surface area contributed by atoms with E-state index in [2.05, 4.69) is 0 Å². The molecule has 0 unspecified atom stereocenters. The molecule has 2 aromatic rings. The Bertz CT molecular complexity index is 730. The fraction of sp³-hybridized carbons (Fsp3) is 0.222. The lowest BCUT2D eigenvalue weighted by atomic mass is 9.65. The van der Waals surface area contributed by atoms with E-state index in [0.29, 0.717) is 6.42 Å². The van der Waals surface area contributed by atoms with E-state index in [4.69, 9.17) is 0 Å². The van der Waals surface area contributed by atoms with Crippen molar-refractivity contribution in [2.24, 2.45) is 5.92 Å². The largest absolute Gasteiger partial charge is 0.294 e. The van der Waals surface area contributed by atoms with Crippen LogP contribution in [0.2, 0.25) is 0 Å². The van der Waals surface area contributed by atoms with E-state index in [1.807, 2.05) is 48.5 Å². The average molecular weight is 262 g/mol. The minimum atomic E-state index is -0.174. The fourth-order valence-corrected chi connectivity index (χ4v) is 3.65. The molecule has 0 heterocycles. The van der Waals surface area contributed by atoms with Crippen molar-refractivity contribution >= 4 is 11.6 Å². The van der Waals surface area contributed by atoms with Crippen LogP contribution in [-0.2, 0) is 6.42 Å². The molecule has 0 aromatic heterocycles. The van der Waals surface area contributed by atoms with Crippen LogP contribution in [0, 0.1) is 5.92 Å². The lowest BCUT2D eigenvalue weighted by Gasteiger charge is -2.36. The molecule has 4 rings (SSSR count). The summed E-state index contributed by atoms with van der Waals surface area (Å²) < 4.78 is 0. The molecule has 0 radical (unpaired) electrons. The van der Waals surface area contributed by atoms with Crippen LogP contribution in [0.25, 0.3) is 0 Å². The van der Waals surface area contributed by atoms with E-state index in [9.17, 15) is 9.59 Å². The van der Waals surface area contributed by atoms with Gasteiger partial charge in [0.25, 0.3) is 0 Å². The number of hydrogen-bond donors (Lipinski definition) is 0. The summed E-state index contributed by atoms with van der Waals surface area (Å²) in [6.45, 7) is 0. The summed E-state index contributed by atoms with van der Waals surface area (Å²) in [5.74, 6) is 0.230. The van der Waals surface area contributed by atoms with Gasteiger partial charge < -0.3 is 0 Å². The van der Waals surface area contributed by atoms with Crippen LogP contribution in [0.5, 0.6) is 0 Å². The van der Waals surface area contributed by atoms with Gasteiger partial charge in [0.2, 0.25) is 0 Å². The lowest BCUT2D eigenvalue weighted by Crippen LogP contribution is -2.36. The van der Waals surface area contributed by atoms with Crippen molar-refractivity contribution in [2.75, 3.05) is 0 Å². The summed E-state index contributed by atoms with van der Waals surface area (Å²) in [7, 11) is 0. The van der Waals surface area contributed by atoms with E-state index in [1.165, 1.54) is 0 Å². The molecule has 0 aliphatic heterocycles. The van der Waals surface area contributed by atoms with Crippen LogP contribution >= 0.6 is 0 Å². The van der Waals surface area contributed by atoms with Gasteiger partial charge in [-0.05, 0) is 23.5 Å². The summed E-state index contributed by atoms with van der Waals surface area (Å²) in [6.07, 6.45) is 1.21. The minimum Gasteiger partial charge on any atom is -0.294 e. The monoisotopic (exact) mass is 262 g/mol. The van der Waals surface area contributed by atoms with Crippen LogP contribution in [0.1, 0.15) is 44.2 Å². The fourth-order valence-electron chi connectivity index (χ4n) is 3.65. The molecular formula is C18H14O2. The molecule has 2 heteroatoms. The molecule has 2 aliphatic carbocycles. The summed E-state index contributed by atoms with van der Waals surface area (Å²) in [4.78, 5) is 24.9. The summed E-state index contributed by atoms with van der Waals surface area (Å²) >= 11 is 0. The van der Waals surface area contributed by atoms with Crippen LogP contribution < -0.4 is 0 Å². The number of carbonyl (C=O) groups is 2. The topological polar surface area (TPSA) is 34.1 Å². The molecule has 2 aliphatic rings. The van der Waals surface area contributed by atoms with Gasteiger partial charge >= 0.3 is 0 Å². The second-order valence-corrected chi connectivity index (χ2v) is 5.65. The maximum atomic E-state index is 12.7. The molecule has 0 N–H and O–H groups in total. The van der Waals surface area contributed by atoms with E-state index < -0.39 is 0 Å². The maximum absolute atomic E-state index is 12.7. The van der Waals surface area contributed by atoms with Crippen molar-refractivity contribution in [2.45, 2.75) is 18.8 Å². The van der Waals surface area contributed by atoms with Gasteiger partial charge in [0, 0.05) is 23.5 Å². The van der Waals surface area contributed by atoms with E-state index in [0.717, 1.165) is 28.7 Å². The second-order valence-electron chi connectivity index (χ2n) is 5.65. The van der Waals surface area contributed by atoms with Gasteiger partial charge in [0.05, 0.1) is 0 Å². The Hall–Kier alpha value is -2.22. The summed E-state index contributed by atoms with van der Waals surface area (Å²) in [6, 6.07) is 15.5. The first-order chi connectivity index (χ1) is 9.75. The van der Waals surface area contributed by atoms with Gasteiger partial charge in [-0.2, -0.15) is 0 Å². The zero-order valence-corrected chi connectivity index (χ0v) is 11.0. The smallest absolute Gasteiger partial charge is 0.167 e. The van der Waals surface area contributed by atoms with Crippen molar-refractivity contribution in [1.82, 2.24) is 0 Å². The molecule has 0 spiro atoms. The number of fused-ring (bicyclic) bond motifs is 4. The van der Waals surface area contributed by atoms with E-state index in [1.54, 1.807) is 0 Å². The summed E-state index contributed by atoms with van der Waals surface area (Å²) in [5.41, 5.74) is 3.78. The third kappa shape index (κ3) is 1.51. The Balaban J connectivity index is 1.89.